The van der Waals surface area contributed by atoms with Crippen molar-refractivity contribution in [1.82, 2.24) is 5.32 Å². The van der Waals surface area contributed by atoms with Gasteiger partial charge in [0, 0.05) is 6.42 Å². The third-order valence-corrected chi connectivity index (χ3v) is 4.23. The van der Waals surface area contributed by atoms with Crippen LogP contribution in [0.5, 0.6) is 11.5 Å². The molecule has 1 aliphatic rings. The number of carbonyl (C=O) groups excluding carboxylic acids is 1. The quantitative estimate of drug-likeness (QED) is 0.780. The summed E-state index contributed by atoms with van der Waals surface area (Å²) in [5.74, 6) is -0.392. The van der Waals surface area contributed by atoms with Gasteiger partial charge in [-0.05, 0) is 41.8 Å². The van der Waals surface area contributed by atoms with Crippen LogP contribution in [0.25, 0.3) is 0 Å². The number of hydrogen-bond acceptors (Lipinski definition) is 4. The molecule has 3 rings (SSSR count). The van der Waals surface area contributed by atoms with Gasteiger partial charge in [-0.25, -0.2) is 4.39 Å². The molecular weight excluding hydrogens is 353 g/mol. The number of fused-ring (bicyclic) bond motifs is 1. The standard InChI is InChI=1S/C20H20FNO5/c21-15-5-3-14(4-6-15)16(12-20(24)25)22-19(23)8-2-13-1-7-17-18(11-13)27-10-9-26-17/h1,3-7,11,16H,2,8-10,12H2,(H,22,23)(H,24,25)/t16-/m0/s1. The van der Waals surface area contributed by atoms with E-state index < -0.39 is 17.8 Å². The lowest BCUT2D eigenvalue weighted by Crippen LogP contribution is -2.30. The van der Waals surface area contributed by atoms with Crippen LogP contribution in [-0.2, 0) is 16.0 Å². The first-order chi connectivity index (χ1) is 13.0. The summed E-state index contributed by atoms with van der Waals surface area (Å²) >= 11 is 0. The largest absolute Gasteiger partial charge is 0.486 e. The molecule has 0 bridgehead atoms. The van der Waals surface area contributed by atoms with Gasteiger partial charge in [0.2, 0.25) is 5.91 Å². The number of ether oxygens (including phenoxy) is 2. The molecule has 0 spiro atoms. The van der Waals surface area contributed by atoms with Crippen molar-refractivity contribution in [1.29, 1.82) is 0 Å². The molecule has 0 fully saturated rings. The predicted molar refractivity (Wildman–Crippen MR) is 95.3 cm³/mol. The molecule has 0 unspecified atom stereocenters. The van der Waals surface area contributed by atoms with Crippen LogP contribution >= 0.6 is 0 Å². The molecule has 1 atom stereocenters. The molecular formula is C20H20FNO5. The van der Waals surface area contributed by atoms with Gasteiger partial charge in [-0.15, -0.1) is 0 Å². The lowest BCUT2D eigenvalue weighted by Gasteiger charge is -2.19. The summed E-state index contributed by atoms with van der Waals surface area (Å²) in [5.41, 5.74) is 1.47. The number of halogens is 1. The van der Waals surface area contributed by atoms with Crippen molar-refractivity contribution in [2.24, 2.45) is 0 Å². The van der Waals surface area contributed by atoms with E-state index >= 15 is 0 Å². The fourth-order valence-corrected chi connectivity index (χ4v) is 2.89. The highest BCUT2D eigenvalue weighted by Gasteiger charge is 2.18. The highest BCUT2D eigenvalue weighted by molar-refractivity contribution is 5.78. The second-order valence-electron chi connectivity index (χ2n) is 6.25. The van der Waals surface area contributed by atoms with Crippen LogP contribution in [0.1, 0.15) is 30.0 Å². The predicted octanol–water partition coefficient (Wildman–Crippen LogP) is 2.86. The van der Waals surface area contributed by atoms with Crippen molar-refractivity contribution in [3.8, 4) is 11.5 Å². The number of nitrogens with one attached hydrogen (secondary N) is 1. The van der Waals surface area contributed by atoms with Crippen molar-refractivity contribution in [3.05, 3.63) is 59.4 Å². The summed E-state index contributed by atoms with van der Waals surface area (Å²) in [7, 11) is 0. The Hall–Kier alpha value is -3.09. The Morgan fingerprint density at radius 2 is 1.78 bits per heavy atom. The molecule has 2 N–H and O–H groups in total. The number of rotatable bonds is 7. The second kappa shape index (κ2) is 8.53. The Labute approximate surface area is 155 Å². The van der Waals surface area contributed by atoms with Crippen LogP contribution in [-0.4, -0.2) is 30.2 Å². The van der Waals surface area contributed by atoms with E-state index in [2.05, 4.69) is 5.32 Å². The summed E-state index contributed by atoms with van der Waals surface area (Å²) in [6.07, 6.45) is 0.393. The third kappa shape index (κ3) is 5.20. The van der Waals surface area contributed by atoms with Crippen LogP contribution in [0.4, 0.5) is 4.39 Å². The van der Waals surface area contributed by atoms with Gasteiger partial charge in [0.15, 0.2) is 11.5 Å². The minimum absolute atomic E-state index is 0.191. The number of carboxylic acids is 1. The molecule has 0 radical (unpaired) electrons. The molecule has 2 aromatic rings. The zero-order valence-corrected chi connectivity index (χ0v) is 14.6. The van der Waals surface area contributed by atoms with Gasteiger partial charge >= 0.3 is 5.97 Å². The summed E-state index contributed by atoms with van der Waals surface area (Å²) in [4.78, 5) is 23.4. The Kier molecular flexibility index (Phi) is 5.90. The Balaban J connectivity index is 1.60. The fourth-order valence-electron chi connectivity index (χ4n) is 2.89. The summed E-state index contributed by atoms with van der Waals surface area (Å²) < 4.78 is 24.1. The molecule has 1 amide bonds. The van der Waals surface area contributed by atoms with Crippen molar-refractivity contribution >= 4 is 11.9 Å². The number of hydrogen-bond donors (Lipinski definition) is 2. The highest BCUT2D eigenvalue weighted by atomic mass is 19.1. The molecule has 0 aromatic heterocycles. The van der Waals surface area contributed by atoms with Gasteiger partial charge in [-0.3, -0.25) is 9.59 Å². The summed E-state index contributed by atoms with van der Waals surface area (Å²) in [5, 5.41) is 11.8. The Morgan fingerprint density at radius 3 is 2.48 bits per heavy atom. The zero-order chi connectivity index (χ0) is 19.2. The number of amides is 1. The number of carboxylic acid groups (broad SMARTS) is 1. The second-order valence-corrected chi connectivity index (χ2v) is 6.25. The van der Waals surface area contributed by atoms with E-state index in [0.717, 1.165) is 5.56 Å². The average Bonchev–Trinajstić information content (AvgIpc) is 2.66. The van der Waals surface area contributed by atoms with Crippen molar-refractivity contribution < 1.29 is 28.6 Å². The summed E-state index contributed by atoms with van der Waals surface area (Å²) in [6.45, 7) is 1.01. The lowest BCUT2D eigenvalue weighted by atomic mass is 10.0. The zero-order valence-electron chi connectivity index (χ0n) is 14.6. The van der Waals surface area contributed by atoms with Crippen LogP contribution in [0.2, 0.25) is 0 Å². The van der Waals surface area contributed by atoms with E-state index in [0.29, 0.717) is 36.7 Å². The molecule has 1 aliphatic heterocycles. The van der Waals surface area contributed by atoms with Crippen molar-refractivity contribution in [3.63, 3.8) is 0 Å². The molecule has 0 aliphatic carbocycles. The minimum Gasteiger partial charge on any atom is -0.486 e. The van der Waals surface area contributed by atoms with Crippen LogP contribution in [0.15, 0.2) is 42.5 Å². The van der Waals surface area contributed by atoms with Crippen LogP contribution in [0.3, 0.4) is 0 Å². The Morgan fingerprint density at radius 1 is 1.07 bits per heavy atom. The molecule has 6 nitrogen and oxygen atoms in total. The third-order valence-electron chi connectivity index (χ3n) is 4.23. The number of aliphatic carboxylic acids is 1. The first-order valence-electron chi connectivity index (χ1n) is 8.66. The monoisotopic (exact) mass is 373 g/mol. The molecule has 27 heavy (non-hydrogen) atoms. The number of benzene rings is 2. The van der Waals surface area contributed by atoms with Gasteiger partial charge in [0.25, 0.3) is 0 Å². The Bertz CT molecular complexity index is 822. The first kappa shape index (κ1) is 18.7. The first-order valence-corrected chi connectivity index (χ1v) is 8.66. The molecule has 0 saturated carbocycles. The SMILES string of the molecule is O=C(O)C[C@H](NC(=O)CCc1ccc2c(c1)OCCO2)c1ccc(F)cc1. The van der Waals surface area contributed by atoms with E-state index in [1.165, 1.54) is 24.3 Å². The number of carbonyl (C=O) groups is 2. The maximum absolute atomic E-state index is 13.1. The maximum atomic E-state index is 13.1. The molecule has 142 valence electrons. The molecule has 2 aromatic carbocycles. The number of aryl methyl sites for hydroxylation is 1. The van der Waals surface area contributed by atoms with Gasteiger partial charge in [-0.2, -0.15) is 0 Å². The molecule has 1 heterocycles. The van der Waals surface area contributed by atoms with E-state index in [1.54, 1.807) is 0 Å². The summed E-state index contributed by atoms with van der Waals surface area (Å²) in [6, 6.07) is 10.3. The van der Waals surface area contributed by atoms with Gasteiger partial charge in [0.1, 0.15) is 19.0 Å². The topological polar surface area (TPSA) is 84.9 Å². The lowest BCUT2D eigenvalue weighted by molar-refractivity contribution is -0.137. The minimum atomic E-state index is -1.04. The normalized spacial score (nSPS) is 13.7. The van der Waals surface area contributed by atoms with E-state index in [4.69, 9.17) is 14.6 Å². The van der Waals surface area contributed by atoms with E-state index in [-0.39, 0.29) is 18.7 Å². The molecule has 7 heteroatoms. The van der Waals surface area contributed by atoms with Gasteiger partial charge in [0.05, 0.1) is 12.5 Å². The fraction of sp³-hybridized carbons (Fsp3) is 0.300. The molecule has 0 saturated heterocycles. The van der Waals surface area contributed by atoms with Gasteiger partial charge < -0.3 is 19.9 Å². The van der Waals surface area contributed by atoms with Crippen molar-refractivity contribution in [2.45, 2.75) is 25.3 Å². The van der Waals surface area contributed by atoms with E-state index in [9.17, 15) is 14.0 Å². The highest BCUT2D eigenvalue weighted by Crippen LogP contribution is 2.31. The van der Waals surface area contributed by atoms with Crippen LogP contribution < -0.4 is 14.8 Å². The average molecular weight is 373 g/mol. The van der Waals surface area contributed by atoms with E-state index in [1.807, 2.05) is 18.2 Å². The van der Waals surface area contributed by atoms with Gasteiger partial charge in [-0.1, -0.05) is 18.2 Å². The van der Waals surface area contributed by atoms with Crippen molar-refractivity contribution in [2.75, 3.05) is 13.2 Å². The maximum Gasteiger partial charge on any atom is 0.305 e. The smallest absolute Gasteiger partial charge is 0.305 e. The van der Waals surface area contributed by atoms with Crippen LogP contribution in [0, 0.1) is 5.82 Å².